The summed E-state index contributed by atoms with van der Waals surface area (Å²) in [5.74, 6) is 0.803. The minimum absolute atomic E-state index is 0.107. The van der Waals surface area contributed by atoms with Gasteiger partial charge < -0.3 is 16.8 Å². The summed E-state index contributed by atoms with van der Waals surface area (Å²) in [5.41, 5.74) is 12.8. The number of nitrogens with two attached hydrogens (primary N) is 2. The van der Waals surface area contributed by atoms with Crippen LogP contribution in [0.4, 0.5) is 11.8 Å². The topological polar surface area (TPSA) is 127 Å². The van der Waals surface area contributed by atoms with Crippen LogP contribution in [0.15, 0.2) is 12.4 Å². The third kappa shape index (κ3) is 2.58. The van der Waals surface area contributed by atoms with E-state index in [-0.39, 0.29) is 12.1 Å². The molecule has 0 aliphatic heterocycles. The monoisotopic (exact) mass is 283 g/mol. The van der Waals surface area contributed by atoms with Crippen molar-refractivity contribution >= 4 is 22.7 Å². The van der Waals surface area contributed by atoms with Gasteiger partial charge in [0, 0.05) is 24.5 Å². The summed E-state index contributed by atoms with van der Waals surface area (Å²) in [5, 5.41) is 13.0. The molecule has 0 amide bonds. The highest BCUT2D eigenvalue weighted by molar-refractivity contribution is 5.91. The quantitative estimate of drug-likeness (QED) is 0.754. The molecule has 108 valence electrons. The molecule has 2 aromatic heterocycles. The molecule has 2 unspecified atom stereocenters. The molecular formula is C14H17N7. The summed E-state index contributed by atoms with van der Waals surface area (Å²) in [6, 6.07) is 2.35. The van der Waals surface area contributed by atoms with Crippen LogP contribution in [0.2, 0.25) is 0 Å². The van der Waals surface area contributed by atoms with Gasteiger partial charge in [0.1, 0.15) is 11.9 Å². The fourth-order valence-corrected chi connectivity index (χ4v) is 2.70. The molecular weight excluding hydrogens is 266 g/mol. The number of aromatic nitrogens is 3. The molecule has 1 fully saturated rings. The van der Waals surface area contributed by atoms with E-state index in [9.17, 15) is 0 Å². The molecule has 7 nitrogen and oxygen atoms in total. The Kier molecular flexibility index (Phi) is 3.54. The first-order valence-corrected chi connectivity index (χ1v) is 7.02. The van der Waals surface area contributed by atoms with Gasteiger partial charge in [0.25, 0.3) is 0 Å². The highest BCUT2D eigenvalue weighted by Gasteiger charge is 2.22. The van der Waals surface area contributed by atoms with Crippen molar-refractivity contribution in [3.8, 4) is 6.07 Å². The van der Waals surface area contributed by atoms with Gasteiger partial charge in [-0.2, -0.15) is 5.26 Å². The standard InChI is InChI=1S/C14H17N7/c15-5-8-6-18-13(17)9-7-19-14(21-12(8)9)20-11-4-2-1-3-10(11)16/h6-7,10-11H,1-4,16H2,(H2,17,18)(H,19,20,21). The zero-order valence-electron chi connectivity index (χ0n) is 11.6. The maximum atomic E-state index is 9.15. The molecule has 3 rings (SSSR count). The number of hydrogen-bond donors (Lipinski definition) is 3. The normalized spacial score (nSPS) is 21.9. The minimum Gasteiger partial charge on any atom is -0.383 e. The largest absolute Gasteiger partial charge is 0.383 e. The molecule has 2 heterocycles. The second-order valence-corrected chi connectivity index (χ2v) is 5.32. The summed E-state index contributed by atoms with van der Waals surface area (Å²) in [7, 11) is 0. The Balaban J connectivity index is 1.95. The lowest BCUT2D eigenvalue weighted by Crippen LogP contribution is -2.42. The molecule has 1 saturated carbocycles. The summed E-state index contributed by atoms with van der Waals surface area (Å²) in [6.07, 6.45) is 7.36. The second kappa shape index (κ2) is 5.50. The first-order valence-electron chi connectivity index (χ1n) is 7.02. The van der Waals surface area contributed by atoms with Gasteiger partial charge in [0.05, 0.1) is 16.5 Å². The van der Waals surface area contributed by atoms with Crippen molar-refractivity contribution in [3.05, 3.63) is 18.0 Å². The van der Waals surface area contributed by atoms with Crippen LogP contribution < -0.4 is 16.8 Å². The number of fused-ring (bicyclic) bond motifs is 1. The van der Waals surface area contributed by atoms with Crippen LogP contribution in [0.25, 0.3) is 10.9 Å². The van der Waals surface area contributed by atoms with Gasteiger partial charge in [0.15, 0.2) is 0 Å². The SMILES string of the molecule is N#Cc1cnc(N)c2cnc(NC3CCCCC3N)nc12. The van der Waals surface area contributed by atoms with Gasteiger partial charge in [0.2, 0.25) is 5.95 Å². The van der Waals surface area contributed by atoms with E-state index >= 15 is 0 Å². The second-order valence-electron chi connectivity index (χ2n) is 5.32. The van der Waals surface area contributed by atoms with E-state index in [0.717, 1.165) is 19.3 Å². The van der Waals surface area contributed by atoms with Gasteiger partial charge in [-0.05, 0) is 12.8 Å². The summed E-state index contributed by atoms with van der Waals surface area (Å²) in [4.78, 5) is 12.6. The first-order chi connectivity index (χ1) is 10.2. The lowest BCUT2D eigenvalue weighted by atomic mass is 9.91. The lowest BCUT2D eigenvalue weighted by Gasteiger charge is -2.29. The maximum Gasteiger partial charge on any atom is 0.223 e. The number of nitriles is 1. The molecule has 1 aliphatic rings. The molecule has 5 N–H and O–H groups in total. The average Bonchev–Trinajstić information content (AvgIpc) is 2.50. The van der Waals surface area contributed by atoms with Crippen molar-refractivity contribution < 1.29 is 0 Å². The number of nitrogens with zero attached hydrogens (tertiary/aromatic N) is 4. The van der Waals surface area contributed by atoms with E-state index in [2.05, 4.69) is 26.3 Å². The van der Waals surface area contributed by atoms with Crippen LogP contribution in [-0.2, 0) is 0 Å². The van der Waals surface area contributed by atoms with E-state index in [1.165, 1.54) is 12.6 Å². The predicted octanol–water partition coefficient (Wildman–Crippen LogP) is 1.16. The number of rotatable bonds is 2. The molecule has 0 radical (unpaired) electrons. The van der Waals surface area contributed by atoms with Crippen molar-refractivity contribution in [1.82, 2.24) is 15.0 Å². The molecule has 7 heteroatoms. The lowest BCUT2D eigenvalue weighted by molar-refractivity contribution is 0.402. The van der Waals surface area contributed by atoms with E-state index in [1.807, 2.05) is 0 Å². The Morgan fingerprint density at radius 3 is 2.81 bits per heavy atom. The van der Waals surface area contributed by atoms with Crippen molar-refractivity contribution in [2.45, 2.75) is 37.8 Å². The van der Waals surface area contributed by atoms with Gasteiger partial charge in [-0.25, -0.2) is 15.0 Å². The Morgan fingerprint density at radius 2 is 2.05 bits per heavy atom. The van der Waals surface area contributed by atoms with Crippen LogP contribution in [0.1, 0.15) is 31.2 Å². The number of nitrogen functional groups attached to an aromatic ring is 1. The van der Waals surface area contributed by atoms with Gasteiger partial charge in [-0.15, -0.1) is 0 Å². The highest BCUT2D eigenvalue weighted by atomic mass is 15.1. The van der Waals surface area contributed by atoms with Crippen LogP contribution in [0, 0.1) is 11.3 Å². The molecule has 1 aliphatic carbocycles. The Bertz CT molecular complexity index is 706. The predicted molar refractivity (Wildman–Crippen MR) is 80.3 cm³/mol. The third-order valence-electron chi connectivity index (χ3n) is 3.91. The minimum atomic E-state index is 0.107. The van der Waals surface area contributed by atoms with Crippen molar-refractivity contribution in [2.24, 2.45) is 5.73 Å². The highest BCUT2D eigenvalue weighted by Crippen LogP contribution is 2.23. The average molecular weight is 283 g/mol. The Morgan fingerprint density at radius 1 is 1.24 bits per heavy atom. The maximum absolute atomic E-state index is 9.15. The smallest absolute Gasteiger partial charge is 0.223 e. The molecule has 2 aromatic rings. The number of anilines is 2. The third-order valence-corrected chi connectivity index (χ3v) is 3.91. The summed E-state index contributed by atoms with van der Waals surface area (Å²) in [6.45, 7) is 0. The van der Waals surface area contributed by atoms with Crippen molar-refractivity contribution in [3.63, 3.8) is 0 Å². The van der Waals surface area contributed by atoms with E-state index < -0.39 is 0 Å². The van der Waals surface area contributed by atoms with E-state index in [0.29, 0.717) is 28.2 Å². The molecule has 2 atom stereocenters. The fourth-order valence-electron chi connectivity index (χ4n) is 2.70. The zero-order valence-corrected chi connectivity index (χ0v) is 11.6. The van der Waals surface area contributed by atoms with E-state index in [1.54, 1.807) is 6.20 Å². The summed E-state index contributed by atoms with van der Waals surface area (Å²) < 4.78 is 0. The van der Waals surface area contributed by atoms with Crippen molar-refractivity contribution in [2.75, 3.05) is 11.1 Å². The molecule has 0 aromatic carbocycles. The van der Waals surface area contributed by atoms with Crippen LogP contribution in [0.5, 0.6) is 0 Å². The van der Waals surface area contributed by atoms with Crippen LogP contribution in [0.3, 0.4) is 0 Å². The number of hydrogen-bond acceptors (Lipinski definition) is 7. The molecule has 21 heavy (non-hydrogen) atoms. The Labute approximate surface area is 122 Å². The molecule has 0 saturated heterocycles. The van der Waals surface area contributed by atoms with Gasteiger partial charge in [-0.1, -0.05) is 12.8 Å². The Hall–Kier alpha value is -2.46. The van der Waals surface area contributed by atoms with Crippen LogP contribution in [-0.4, -0.2) is 27.0 Å². The van der Waals surface area contributed by atoms with Crippen LogP contribution >= 0.6 is 0 Å². The summed E-state index contributed by atoms with van der Waals surface area (Å²) >= 11 is 0. The molecule has 0 bridgehead atoms. The number of pyridine rings is 1. The van der Waals surface area contributed by atoms with Gasteiger partial charge in [-0.3, -0.25) is 0 Å². The fraction of sp³-hybridized carbons (Fsp3) is 0.429. The van der Waals surface area contributed by atoms with Crippen molar-refractivity contribution in [1.29, 1.82) is 5.26 Å². The first kappa shape index (κ1) is 13.5. The number of nitrogens with one attached hydrogen (secondary N) is 1. The zero-order chi connectivity index (χ0) is 14.8. The van der Waals surface area contributed by atoms with E-state index in [4.69, 9.17) is 16.7 Å². The van der Waals surface area contributed by atoms with Gasteiger partial charge >= 0.3 is 0 Å². The molecule has 0 spiro atoms.